The van der Waals surface area contributed by atoms with Crippen molar-refractivity contribution in [3.8, 4) is 11.5 Å². The highest BCUT2D eigenvalue weighted by molar-refractivity contribution is 14.0. The first-order valence-electron chi connectivity index (χ1n) is 10.2. The lowest BCUT2D eigenvalue weighted by Crippen LogP contribution is -2.33. The molecule has 0 aliphatic carbocycles. The summed E-state index contributed by atoms with van der Waals surface area (Å²) < 4.78 is 13.4. The Bertz CT molecular complexity index is 991. The van der Waals surface area contributed by atoms with Gasteiger partial charge in [-0.1, -0.05) is 24.3 Å². The molecule has 0 atom stereocenters. The maximum absolute atomic E-state index is 5.81. The summed E-state index contributed by atoms with van der Waals surface area (Å²) in [5.74, 6) is 2.25. The van der Waals surface area contributed by atoms with Gasteiger partial charge in [-0.2, -0.15) is 5.10 Å². The van der Waals surface area contributed by atoms with E-state index >= 15 is 0 Å². The van der Waals surface area contributed by atoms with Gasteiger partial charge in [-0.3, -0.25) is 4.68 Å². The Morgan fingerprint density at radius 2 is 1.94 bits per heavy atom. The number of anilines is 1. The molecule has 1 aromatic heterocycles. The quantitative estimate of drug-likeness (QED) is 0.282. The van der Waals surface area contributed by atoms with Crippen molar-refractivity contribution < 1.29 is 9.47 Å². The van der Waals surface area contributed by atoms with Gasteiger partial charge in [0.25, 0.3) is 0 Å². The summed E-state index contributed by atoms with van der Waals surface area (Å²) in [5.41, 5.74) is 3.33. The number of nitrogens with one attached hydrogen (secondary N) is 2. The van der Waals surface area contributed by atoms with Crippen molar-refractivity contribution in [3.05, 3.63) is 72.1 Å². The molecule has 2 aromatic carbocycles. The lowest BCUT2D eigenvalue weighted by Gasteiger charge is -2.15. The summed E-state index contributed by atoms with van der Waals surface area (Å²) in [4.78, 5) is 4.79. The number of fused-ring (bicyclic) bond motifs is 1. The number of benzene rings is 2. The predicted octanol–water partition coefficient (Wildman–Crippen LogP) is 4.23. The van der Waals surface area contributed by atoms with Gasteiger partial charge in [0, 0.05) is 37.1 Å². The molecule has 164 valence electrons. The lowest BCUT2D eigenvalue weighted by molar-refractivity contribution is 0.297. The van der Waals surface area contributed by atoms with Crippen LogP contribution in [0.25, 0.3) is 0 Å². The van der Waals surface area contributed by atoms with Crippen molar-refractivity contribution in [1.29, 1.82) is 0 Å². The summed E-state index contributed by atoms with van der Waals surface area (Å²) in [6.45, 7) is 5.48. The van der Waals surface area contributed by atoms with Crippen molar-refractivity contribution in [3.63, 3.8) is 0 Å². The van der Waals surface area contributed by atoms with Crippen LogP contribution in [-0.4, -0.2) is 35.5 Å². The standard InChI is InChI=1S/C23H27N5O2.HI/c1-18-6-2-3-7-19(18)17-25-23(24-11-13-28-12-4-10-26-28)27-20-8-9-21-22(16-20)30-15-5-14-29-21;/h2-4,6-10,12,16H,5,11,13-15,17H2,1H3,(H2,24,25,27);1H. The maximum atomic E-state index is 5.81. The number of halogens is 1. The van der Waals surface area contributed by atoms with E-state index in [1.54, 1.807) is 6.20 Å². The maximum Gasteiger partial charge on any atom is 0.196 e. The van der Waals surface area contributed by atoms with Crippen LogP contribution in [0.4, 0.5) is 5.69 Å². The fourth-order valence-electron chi connectivity index (χ4n) is 3.19. The molecule has 0 fully saturated rings. The molecule has 4 rings (SSSR count). The second-order valence-electron chi connectivity index (χ2n) is 7.12. The molecule has 0 radical (unpaired) electrons. The average Bonchev–Trinajstić information content (AvgIpc) is 3.16. The van der Waals surface area contributed by atoms with Crippen LogP contribution in [-0.2, 0) is 13.1 Å². The zero-order valence-corrected chi connectivity index (χ0v) is 19.9. The highest BCUT2D eigenvalue weighted by Crippen LogP contribution is 2.32. The number of aliphatic imine (C=N–C) groups is 1. The largest absolute Gasteiger partial charge is 0.490 e. The first-order valence-corrected chi connectivity index (χ1v) is 10.2. The molecule has 1 aliphatic heterocycles. The van der Waals surface area contributed by atoms with Gasteiger partial charge in [-0.25, -0.2) is 4.99 Å². The SMILES string of the molecule is Cc1ccccc1CN=C(NCCn1cccn1)Nc1ccc2c(c1)OCCCO2.I. The molecule has 2 N–H and O–H groups in total. The Labute approximate surface area is 199 Å². The van der Waals surface area contributed by atoms with Crippen molar-refractivity contribution in [1.82, 2.24) is 15.1 Å². The van der Waals surface area contributed by atoms with E-state index < -0.39 is 0 Å². The van der Waals surface area contributed by atoms with Crippen LogP contribution in [0.5, 0.6) is 11.5 Å². The first kappa shape index (κ1) is 22.9. The number of aromatic nitrogens is 2. The minimum absolute atomic E-state index is 0. The fraction of sp³-hybridized carbons (Fsp3) is 0.304. The van der Waals surface area contributed by atoms with Crippen LogP contribution in [0.3, 0.4) is 0 Å². The van der Waals surface area contributed by atoms with E-state index in [9.17, 15) is 0 Å². The summed E-state index contributed by atoms with van der Waals surface area (Å²) >= 11 is 0. The summed E-state index contributed by atoms with van der Waals surface area (Å²) in [7, 11) is 0. The van der Waals surface area contributed by atoms with Crippen molar-refractivity contribution in [2.45, 2.75) is 26.4 Å². The van der Waals surface area contributed by atoms with Crippen LogP contribution in [0, 0.1) is 6.92 Å². The van der Waals surface area contributed by atoms with Gasteiger partial charge in [0.05, 0.1) is 26.3 Å². The Hall–Kier alpha value is -2.75. The van der Waals surface area contributed by atoms with Gasteiger partial charge in [0.1, 0.15) is 0 Å². The lowest BCUT2D eigenvalue weighted by atomic mass is 10.1. The van der Waals surface area contributed by atoms with Crippen LogP contribution in [0.1, 0.15) is 17.5 Å². The molecule has 0 saturated heterocycles. The Morgan fingerprint density at radius 1 is 1.10 bits per heavy atom. The van der Waals surface area contributed by atoms with E-state index in [-0.39, 0.29) is 24.0 Å². The number of hydrogen-bond acceptors (Lipinski definition) is 4. The smallest absolute Gasteiger partial charge is 0.196 e. The molecule has 8 heteroatoms. The molecule has 7 nitrogen and oxygen atoms in total. The third kappa shape index (κ3) is 6.61. The Balaban J connectivity index is 0.00000272. The van der Waals surface area contributed by atoms with Crippen LogP contribution < -0.4 is 20.1 Å². The third-order valence-electron chi connectivity index (χ3n) is 4.87. The number of ether oxygens (including phenoxy) is 2. The van der Waals surface area contributed by atoms with E-state index in [0.717, 1.165) is 30.2 Å². The molecule has 0 bridgehead atoms. The van der Waals surface area contributed by atoms with E-state index in [2.05, 4.69) is 34.8 Å². The van der Waals surface area contributed by atoms with Crippen molar-refractivity contribution in [2.24, 2.45) is 4.99 Å². The van der Waals surface area contributed by atoms with Crippen molar-refractivity contribution >= 4 is 35.6 Å². The average molecular weight is 533 g/mol. The van der Waals surface area contributed by atoms with Crippen molar-refractivity contribution in [2.75, 3.05) is 25.1 Å². The third-order valence-corrected chi connectivity index (χ3v) is 4.87. The number of aryl methyl sites for hydroxylation is 1. The highest BCUT2D eigenvalue weighted by Gasteiger charge is 2.11. The van der Waals surface area contributed by atoms with Gasteiger partial charge < -0.3 is 20.1 Å². The Morgan fingerprint density at radius 3 is 2.74 bits per heavy atom. The van der Waals surface area contributed by atoms with Gasteiger partial charge in [0.15, 0.2) is 17.5 Å². The highest BCUT2D eigenvalue weighted by atomic mass is 127. The van der Waals surface area contributed by atoms with E-state index in [1.165, 1.54) is 11.1 Å². The first-order chi connectivity index (χ1) is 14.8. The van der Waals surface area contributed by atoms with Crippen LogP contribution in [0.15, 0.2) is 65.9 Å². The second-order valence-corrected chi connectivity index (χ2v) is 7.12. The fourth-order valence-corrected chi connectivity index (χ4v) is 3.19. The predicted molar refractivity (Wildman–Crippen MR) is 134 cm³/mol. The molecule has 0 unspecified atom stereocenters. The molecule has 0 saturated carbocycles. The molecule has 1 aliphatic rings. The van der Waals surface area contributed by atoms with Gasteiger partial charge >= 0.3 is 0 Å². The number of hydrogen-bond donors (Lipinski definition) is 2. The zero-order valence-electron chi connectivity index (χ0n) is 17.6. The zero-order chi connectivity index (χ0) is 20.6. The number of rotatable bonds is 6. The van der Waals surface area contributed by atoms with Crippen LogP contribution in [0.2, 0.25) is 0 Å². The molecule has 0 amide bonds. The topological polar surface area (TPSA) is 72.7 Å². The van der Waals surface area contributed by atoms with E-state index in [4.69, 9.17) is 14.5 Å². The van der Waals surface area contributed by atoms with Crippen LogP contribution >= 0.6 is 24.0 Å². The normalized spacial score (nSPS) is 13.1. The molecule has 31 heavy (non-hydrogen) atoms. The second kappa shape index (κ2) is 11.6. The number of nitrogens with zero attached hydrogens (tertiary/aromatic N) is 3. The van der Waals surface area contributed by atoms with Gasteiger partial charge in [-0.15, -0.1) is 24.0 Å². The monoisotopic (exact) mass is 533 g/mol. The molecular weight excluding hydrogens is 505 g/mol. The summed E-state index contributed by atoms with van der Waals surface area (Å²) in [6.07, 6.45) is 4.61. The molecule has 3 aromatic rings. The molecule has 2 heterocycles. The van der Waals surface area contributed by atoms with Gasteiger partial charge in [-0.05, 0) is 36.2 Å². The Kier molecular flexibility index (Phi) is 8.57. The summed E-state index contributed by atoms with van der Waals surface area (Å²) in [5, 5.41) is 11.0. The summed E-state index contributed by atoms with van der Waals surface area (Å²) in [6, 6.07) is 16.1. The minimum atomic E-state index is 0. The number of guanidine groups is 1. The molecular formula is C23H28IN5O2. The van der Waals surface area contributed by atoms with E-state index in [1.807, 2.05) is 47.3 Å². The van der Waals surface area contributed by atoms with Gasteiger partial charge in [0.2, 0.25) is 0 Å². The molecule has 0 spiro atoms. The van der Waals surface area contributed by atoms with E-state index in [0.29, 0.717) is 32.3 Å². The minimum Gasteiger partial charge on any atom is -0.490 e.